The van der Waals surface area contributed by atoms with Gasteiger partial charge in [-0.1, -0.05) is 18.2 Å². The predicted molar refractivity (Wildman–Crippen MR) is 93.3 cm³/mol. The highest BCUT2D eigenvalue weighted by molar-refractivity contribution is 5.97. The molecule has 0 unspecified atom stereocenters. The van der Waals surface area contributed by atoms with Crippen LogP contribution in [0.1, 0.15) is 17.3 Å². The first kappa shape index (κ1) is 15.8. The monoisotopic (exact) mass is 355 g/mol. The van der Waals surface area contributed by atoms with Gasteiger partial charge in [0.1, 0.15) is 12.8 Å². The molecule has 1 N–H and O–H groups in total. The number of carbonyl (C=O) groups is 2. The molecule has 7 nitrogen and oxygen atoms in total. The van der Waals surface area contributed by atoms with Gasteiger partial charge in [-0.15, -0.1) is 0 Å². The zero-order chi connectivity index (χ0) is 17.8. The summed E-state index contributed by atoms with van der Waals surface area (Å²) >= 11 is 0. The van der Waals surface area contributed by atoms with Crippen LogP contribution in [-0.4, -0.2) is 66.2 Å². The number of aromatic nitrogens is 1. The van der Waals surface area contributed by atoms with Crippen LogP contribution in [0.25, 0.3) is 10.9 Å². The largest absolute Gasteiger partial charge is 0.356 e. The molecular formula is C19H21N3O4. The fourth-order valence-corrected chi connectivity index (χ4v) is 4.62. The Kier molecular flexibility index (Phi) is 3.55. The number of nitrogens with one attached hydrogen (secondary N) is 1. The molecule has 0 radical (unpaired) electrons. The highest BCUT2D eigenvalue weighted by atomic mass is 16.7. The van der Waals surface area contributed by atoms with Gasteiger partial charge in [-0.05, 0) is 11.6 Å². The lowest BCUT2D eigenvalue weighted by Gasteiger charge is -2.48. The van der Waals surface area contributed by atoms with Crippen molar-refractivity contribution in [1.82, 2.24) is 14.8 Å². The van der Waals surface area contributed by atoms with Gasteiger partial charge >= 0.3 is 0 Å². The number of ether oxygens (including phenoxy) is 2. The van der Waals surface area contributed by atoms with Crippen LogP contribution in [0.4, 0.5) is 0 Å². The van der Waals surface area contributed by atoms with Crippen molar-refractivity contribution in [2.45, 2.75) is 18.5 Å². The summed E-state index contributed by atoms with van der Waals surface area (Å²) in [5.74, 6) is -0.0151. The fraction of sp³-hybridized carbons (Fsp3) is 0.474. The Balaban J connectivity index is 1.69. The zero-order valence-corrected chi connectivity index (χ0v) is 14.6. The summed E-state index contributed by atoms with van der Waals surface area (Å²) in [6, 6.07) is 7.41. The van der Waals surface area contributed by atoms with Gasteiger partial charge in [0.05, 0.1) is 25.8 Å². The molecule has 2 amide bonds. The van der Waals surface area contributed by atoms with E-state index in [1.54, 1.807) is 11.9 Å². The lowest BCUT2D eigenvalue weighted by atomic mass is 9.84. The smallest absolute Gasteiger partial charge is 0.245 e. The second-order valence-electron chi connectivity index (χ2n) is 7.34. The Morgan fingerprint density at radius 2 is 1.92 bits per heavy atom. The zero-order valence-electron chi connectivity index (χ0n) is 14.6. The normalized spacial score (nSPS) is 27.0. The number of hydrogen-bond acceptors (Lipinski definition) is 4. The predicted octanol–water partition coefficient (Wildman–Crippen LogP) is 1.05. The van der Waals surface area contributed by atoms with Crippen LogP contribution >= 0.6 is 0 Å². The third-order valence-electron chi connectivity index (χ3n) is 5.77. The Morgan fingerprint density at radius 1 is 1.15 bits per heavy atom. The van der Waals surface area contributed by atoms with E-state index in [9.17, 15) is 9.59 Å². The minimum absolute atomic E-state index is 0.00137. The number of para-hydroxylation sites is 1. The molecule has 1 aromatic carbocycles. The molecule has 0 spiro atoms. The summed E-state index contributed by atoms with van der Waals surface area (Å²) in [5, 5.41) is 1.12. The quantitative estimate of drug-likeness (QED) is 0.830. The first-order valence-electron chi connectivity index (χ1n) is 8.96. The first-order chi connectivity index (χ1) is 12.6. The van der Waals surface area contributed by atoms with Gasteiger partial charge in [0.2, 0.25) is 11.8 Å². The van der Waals surface area contributed by atoms with Crippen LogP contribution in [0.2, 0.25) is 0 Å². The van der Waals surface area contributed by atoms with E-state index in [0.717, 1.165) is 22.2 Å². The third kappa shape index (κ3) is 2.20. The number of amides is 2. The number of fused-ring (bicyclic) bond motifs is 4. The van der Waals surface area contributed by atoms with E-state index in [4.69, 9.17) is 9.47 Å². The van der Waals surface area contributed by atoms with Crippen LogP contribution in [0.5, 0.6) is 0 Å². The number of aromatic amines is 1. The molecule has 5 rings (SSSR count). The van der Waals surface area contributed by atoms with E-state index in [-0.39, 0.29) is 37.1 Å². The van der Waals surface area contributed by atoms with Crippen molar-refractivity contribution >= 4 is 22.7 Å². The minimum atomic E-state index is -0.458. The van der Waals surface area contributed by atoms with Crippen molar-refractivity contribution in [3.63, 3.8) is 0 Å². The number of benzene rings is 1. The summed E-state index contributed by atoms with van der Waals surface area (Å²) < 4.78 is 11.0. The van der Waals surface area contributed by atoms with Crippen molar-refractivity contribution in [1.29, 1.82) is 0 Å². The standard InChI is InChI=1S/C19H21N3O4/c1-21-7-16(23)22-15(19(21)24)6-13-12-4-2-3-5-14(12)20-17(13)18(22)11-8-25-10-26-9-11/h2-5,11,15,18,20H,6-10H2,1H3/t15-,18-/m1/s1. The van der Waals surface area contributed by atoms with E-state index >= 15 is 0 Å². The number of rotatable bonds is 1. The summed E-state index contributed by atoms with van der Waals surface area (Å²) in [6.07, 6.45) is 0.541. The van der Waals surface area contributed by atoms with E-state index < -0.39 is 6.04 Å². The molecule has 2 fully saturated rings. The van der Waals surface area contributed by atoms with Crippen LogP contribution in [0.3, 0.4) is 0 Å². The molecule has 3 aliphatic heterocycles. The Morgan fingerprint density at radius 3 is 2.73 bits per heavy atom. The average molecular weight is 355 g/mol. The summed E-state index contributed by atoms with van der Waals surface area (Å²) in [4.78, 5) is 32.6. The van der Waals surface area contributed by atoms with Crippen molar-refractivity contribution in [2.24, 2.45) is 5.92 Å². The van der Waals surface area contributed by atoms with Crippen LogP contribution in [0, 0.1) is 5.92 Å². The van der Waals surface area contributed by atoms with Crippen LogP contribution in [-0.2, 0) is 25.5 Å². The number of carbonyl (C=O) groups excluding carboxylic acids is 2. The molecule has 2 saturated heterocycles. The molecule has 2 aromatic rings. The number of H-pyrrole nitrogens is 1. The van der Waals surface area contributed by atoms with Crippen molar-refractivity contribution in [3.8, 4) is 0 Å². The maximum absolute atomic E-state index is 12.9. The van der Waals surface area contributed by atoms with E-state index in [1.165, 1.54) is 4.90 Å². The van der Waals surface area contributed by atoms with Gasteiger partial charge in [-0.2, -0.15) is 0 Å². The first-order valence-corrected chi connectivity index (χ1v) is 8.96. The molecule has 7 heteroatoms. The van der Waals surface area contributed by atoms with E-state index in [1.807, 2.05) is 18.2 Å². The SMILES string of the molecule is CN1CC(=O)N2[C@H](Cc3c([nH]c4ccccc34)[C@H]2C2COCOC2)C1=O. The lowest BCUT2D eigenvalue weighted by molar-refractivity contribution is -0.171. The molecule has 0 saturated carbocycles. The molecular weight excluding hydrogens is 334 g/mol. The number of nitrogens with zero attached hydrogens (tertiary/aromatic N) is 2. The Hall–Kier alpha value is -2.38. The van der Waals surface area contributed by atoms with Gasteiger partial charge in [-0.3, -0.25) is 9.59 Å². The maximum Gasteiger partial charge on any atom is 0.245 e. The molecule has 1 aromatic heterocycles. The Bertz CT molecular complexity index is 886. The molecule has 3 aliphatic rings. The lowest BCUT2D eigenvalue weighted by Crippen LogP contribution is -2.63. The fourth-order valence-electron chi connectivity index (χ4n) is 4.62. The van der Waals surface area contributed by atoms with Gasteiger partial charge in [0.25, 0.3) is 0 Å². The van der Waals surface area contributed by atoms with Crippen LogP contribution < -0.4 is 0 Å². The van der Waals surface area contributed by atoms with Crippen molar-refractivity contribution in [2.75, 3.05) is 33.6 Å². The molecule has 136 valence electrons. The molecule has 0 aliphatic carbocycles. The molecule has 2 atom stereocenters. The van der Waals surface area contributed by atoms with Crippen molar-refractivity contribution in [3.05, 3.63) is 35.5 Å². The highest BCUT2D eigenvalue weighted by Gasteiger charge is 2.49. The van der Waals surface area contributed by atoms with Crippen LogP contribution in [0.15, 0.2) is 24.3 Å². The number of likely N-dealkylation sites (N-methyl/N-ethyl adjacent to an activating group) is 1. The van der Waals surface area contributed by atoms with Gasteiger partial charge in [0, 0.05) is 36.0 Å². The molecule has 26 heavy (non-hydrogen) atoms. The third-order valence-corrected chi connectivity index (χ3v) is 5.77. The maximum atomic E-state index is 12.9. The Labute approximate surface area is 150 Å². The molecule has 4 heterocycles. The number of hydrogen-bond donors (Lipinski definition) is 1. The summed E-state index contributed by atoms with van der Waals surface area (Å²) in [7, 11) is 1.70. The highest BCUT2D eigenvalue weighted by Crippen LogP contribution is 2.43. The van der Waals surface area contributed by atoms with Crippen molar-refractivity contribution < 1.29 is 19.1 Å². The second kappa shape index (κ2) is 5.82. The van der Waals surface area contributed by atoms with Gasteiger partial charge < -0.3 is 24.3 Å². The van der Waals surface area contributed by atoms with E-state index in [0.29, 0.717) is 19.6 Å². The summed E-state index contributed by atoms with van der Waals surface area (Å²) in [6.45, 7) is 1.43. The second-order valence-corrected chi connectivity index (χ2v) is 7.34. The number of piperazine rings is 1. The van der Waals surface area contributed by atoms with Gasteiger partial charge in [0.15, 0.2) is 0 Å². The molecule has 0 bridgehead atoms. The summed E-state index contributed by atoms with van der Waals surface area (Å²) in [5.41, 5.74) is 3.19. The average Bonchev–Trinajstić information content (AvgIpc) is 3.03. The topological polar surface area (TPSA) is 74.9 Å². The van der Waals surface area contributed by atoms with E-state index in [2.05, 4.69) is 11.1 Å². The van der Waals surface area contributed by atoms with Gasteiger partial charge in [-0.25, -0.2) is 0 Å². The minimum Gasteiger partial charge on any atom is -0.356 e.